The van der Waals surface area contributed by atoms with Gasteiger partial charge in [-0.05, 0) is 45.4 Å². The van der Waals surface area contributed by atoms with Gasteiger partial charge in [0, 0.05) is 17.6 Å². The van der Waals surface area contributed by atoms with Crippen molar-refractivity contribution in [3.05, 3.63) is 23.8 Å². The van der Waals surface area contributed by atoms with Crippen molar-refractivity contribution in [3.8, 4) is 11.5 Å². The lowest BCUT2D eigenvalue weighted by Crippen LogP contribution is -2.47. The van der Waals surface area contributed by atoms with Crippen LogP contribution in [0.5, 0.6) is 11.5 Å². The third-order valence-electron chi connectivity index (χ3n) is 3.80. The molecule has 1 aromatic carbocycles. The van der Waals surface area contributed by atoms with E-state index in [1.807, 2.05) is 18.2 Å². The van der Waals surface area contributed by atoms with Crippen LogP contribution in [0.25, 0.3) is 0 Å². The number of nitrogens with zero attached hydrogens (tertiary/aromatic N) is 1. The third-order valence-corrected chi connectivity index (χ3v) is 3.80. The highest BCUT2D eigenvalue weighted by atomic mass is 16.5. The highest BCUT2D eigenvalue weighted by molar-refractivity contribution is 5.46. The van der Waals surface area contributed by atoms with Crippen molar-refractivity contribution in [2.24, 2.45) is 0 Å². The van der Waals surface area contributed by atoms with E-state index in [4.69, 9.17) is 9.47 Å². The summed E-state index contributed by atoms with van der Waals surface area (Å²) >= 11 is 0. The summed E-state index contributed by atoms with van der Waals surface area (Å²) in [6, 6.07) is 7.04. The summed E-state index contributed by atoms with van der Waals surface area (Å²) in [4.78, 5) is 2.54. The summed E-state index contributed by atoms with van der Waals surface area (Å²) in [6.45, 7) is 8.64. The lowest BCUT2D eigenvalue weighted by Gasteiger charge is -2.37. The van der Waals surface area contributed by atoms with E-state index in [1.54, 1.807) is 7.11 Å². The molecule has 0 bridgehead atoms. The Bertz CT molecular complexity index is 403. The number of fused-ring (bicyclic) bond motifs is 1. The Morgan fingerprint density at radius 3 is 2.84 bits per heavy atom. The minimum Gasteiger partial charge on any atom is -0.496 e. The molecule has 0 spiro atoms. The molecule has 0 aliphatic carbocycles. The van der Waals surface area contributed by atoms with Crippen LogP contribution in [0.2, 0.25) is 0 Å². The van der Waals surface area contributed by atoms with Crippen LogP contribution < -0.4 is 9.47 Å². The van der Waals surface area contributed by atoms with Crippen molar-refractivity contribution in [1.82, 2.24) is 4.90 Å². The summed E-state index contributed by atoms with van der Waals surface area (Å²) in [5.74, 6) is 1.93. The predicted molar refractivity (Wildman–Crippen MR) is 78.1 cm³/mol. The second-order valence-corrected chi connectivity index (χ2v) is 5.44. The van der Waals surface area contributed by atoms with Gasteiger partial charge in [0.25, 0.3) is 0 Å². The maximum atomic E-state index is 5.93. The summed E-state index contributed by atoms with van der Waals surface area (Å²) < 4.78 is 11.4. The number of benzene rings is 1. The summed E-state index contributed by atoms with van der Waals surface area (Å²) in [6.07, 6.45) is 2.19. The first kappa shape index (κ1) is 14.2. The normalized spacial score (nSPS) is 18.3. The minimum absolute atomic E-state index is 0.448. The van der Waals surface area contributed by atoms with Gasteiger partial charge in [-0.1, -0.05) is 13.0 Å². The van der Waals surface area contributed by atoms with Gasteiger partial charge in [0.15, 0.2) is 0 Å². The zero-order valence-electron chi connectivity index (χ0n) is 12.5. The first-order valence-electron chi connectivity index (χ1n) is 7.21. The van der Waals surface area contributed by atoms with Crippen molar-refractivity contribution in [1.29, 1.82) is 0 Å². The molecule has 3 nitrogen and oxygen atoms in total. The Hall–Kier alpha value is -1.22. The lowest BCUT2D eigenvalue weighted by atomic mass is 9.99. The SMILES string of the molecule is CCCN(C(C)C)[C@@H]1COc2cccc(OC)c2C1. The van der Waals surface area contributed by atoms with Crippen LogP contribution >= 0.6 is 0 Å². The average molecular weight is 263 g/mol. The number of ether oxygens (including phenoxy) is 2. The molecule has 1 heterocycles. The molecule has 0 saturated carbocycles. The standard InChI is InChI=1S/C16H25NO2/c1-5-9-17(12(2)3)13-10-14-15(18-4)7-6-8-16(14)19-11-13/h6-8,12-13H,5,9-11H2,1-4H3/t13-/m0/s1. The third kappa shape index (κ3) is 3.03. The van der Waals surface area contributed by atoms with Crippen LogP contribution in [0.15, 0.2) is 18.2 Å². The Kier molecular flexibility index (Phi) is 4.70. The van der Waals surface area contributed by atoms with Gasteiger partial charge in [-0.3, -0.25) is 4.90 Å². The fraction of sp³-hybridized carbons (Fsp3) is 0.625. The van der Waals surface area contributed by atoms with Crippen LogP contribution in [0, 0.1) is 0 Å². The summed E-state index contributed by atoms with van der Waals surface area (Å²) in [7, 11) is 1.73. The molecule has 1 aliphatic heterocycles. The van der Waals surface area contributed by atoms with Gasteiger partial charge in [-0.25, -0.2) is 0 Å². The highest BCUT2D eigenvalue weighted by Crippen LogP contribution is 2.34. The predicted octanol–water partition coefficient (Wildman–Crippen LogP) is 3.12. The molecule has 3 heteroatoms. The topological polar surface area (TPSA) is 21.7 Å². The van der Waals surface area contributed by atoms with Crippen LogP contribution in [0.3, 0.4) is 0 Å². The zero-order chi connectivity index (χ0) is 13.8. The van der Waals surface area contributed by atoms with Crippen molar-refractivity contribution in [3.63, 3.8) is 0 Å². The Labute approximate surface area is 116 Å². The molecule has 0 fully saturated rings. The second-order valence-electron chi connectivity index (χ2n) is 5.44. The van der Waals surface area contributed by atoms with E-state index >= 15 is 0 Å². The van der Waals surface area contributed by atoms with E-state index in [2.05, 4.69) is 25.7 Å². The first-order valence-corrected chi connectivity index (χ1v) is 7.21. The molecule has 0 radical (unpaired) electrons. The lowest BCUT2D eigenvalue weighted by molar-refractivity contribution is 0.0915. The highest BCUT2D eigenvalue weighted by Gasteiger charge is 2.28. The molecule has 1 atom stereocenters. The molecule has 0 unspecified atom stereocenters. The van der Waals surface area contributed by atoms with Crippen molar-refractivity contribution < 1.29 is 9.47 Å². The van der Waals surface area contributed by atoms with Gasteiger partial charge in [0.2, 0.25) is 0 Å². The molecule has 1 aliphatic rings. The van der Waals surface area contributed by atoms with Crippen molar-refractivity contribution >= 4 is 0 Å². The van der Waals surface area contributed by atoms with E-state index in [0.29, 0.717) is 12.1 Å². The van der Waals surface area contributed by atoms with Gasteiger partial charge < -0.3 is 9.47 Å². The first-order chi connectivity index (χ1) is 9.17. The molecule has 1 aromatic rings. The Morgan fingerprint density at radius 2 is 2.21 bits per heavy atom. The minimum atomic E-state index is 0.448. The van der Waals surface area contributed by atoms with E-state index in [9.17, 15) is 0 Å². The molecule has 106 valence electrons. The van der Waals surface area contributed by atoms with Crippen LogP contribution in [0.4, 0.5) is 0 Å². The maximum absolute atomic E-state index is 5.93. The van der Waals surface area contributed by atoms with Gasteiger partial charge in [0.1, 0.15) is 18.1 Å². The molecule has 0 aromatic heterocycles. The van der Waals surface area contributed by atoms with Crippen molar-refractivity contribution in [2.45, 2.75) is 45.7 Å². The number of hydrogen-bond donors (Lipinski definition) is 0. The van der Waals surface area contributed by atoms with E-state index in [1.165, 1.54) is 12.0 Å². The molecular formula is C16H25NO2. The molecule has 0 N–H and O–H groups in total. The molecule has 0 saturated heterocycles. The maximum Gasteiger partial charge on any atom is 0.126 e. The van der Waals surface area contributed by atoms with Crippen LogP contribution in [-0.2, 0) is 6.42 Å². The molecular weight excluding hydrogens is 238 g/mol. The average Bonchev–Trinajstić information content (AvgIpc) is 2.43. The fourth-order valence-corrected chi connectivity index (χ4v) is 2.89. The number of methoxy groups -OCH3 is 1. The Morgan fingerprint density at radius 1 is 1.42 bits per heavy atom. The van der Waals surface area contributed by atoms with Crippen LogP contribution in [-0.4, -0.2) is 37.2 Å². The zero-order valence-corrected chi connectivity index (χ0v) is 12.5. The molecule has 19 heavy (non-hydrogen) atoms. The molecule has 0 amide bonds. The quantitative estimate of drug-likeness (QED) is 0.814. The van der Waals surface area contributed by atoms with Crippen LogP contribution in [0.1, 0.15) is 32.8 Å². The van der Waals surface area contributed by atoms with Gasteiger partial charge in [0.05, 0.1) is 7.11 Å². The summed E-state index contributed by atoms with van der Waals surface area (Å²) in [5.41, 5.74) is 1.21. The van der Waals surface area contributed by atoms with E-state index in [-0.39, 0.29) is 0 Å². The van der Waals surface area contributed by atoms with E-state index < -0.39 is 0 Å². The number of rotatable bonds is 5. The smallest absolute Gasteiger partial charge is 0.126 e. The second kappa shape index (κ2) is 6.29. The summed E-state index contributed by atoms with van der Waals surface area (Å²) in [5, 5.41) is 0. The molecule has 2 rings (SSSR count). The van der Waals surface area contributed by atoms with Gasteiger partial charge in [-0.15, -0.1) is 0 Å². The Balaban J connectivity index is 2.20. The van der Waals surface area contributed by atoms with Gasteiger partial charge >= 0.3 is 0 Å². The van der Waals surface area contributed by atoms with Crippen molar-refractivity contribution in [2.75, 3.05) is 20.3 Å². The monoisotopic (exact) mass is 263 g/mol. The van der Waals surface area contributed by atoms with Gasteiger partial charge in [-0.2, -0.15) is 0 Å². The fourth-order valence-electron chi connectivity index (χ4n) is 2.89. The van der Waals surface area contributed by atoms with E-state index in [0.717, 1.165) is 31.1 Å². The largest absolute Gasteiger partial charge is 0.496 e. The number of hydrogen-bond acceptors (Lipinski definition) is 3.